The van der Waals surface area contributed by atoms with Gasteiger partial charge in [-0.15, -0.1) is 0 Å². The van der Waals surface area contributed by atoms with Crippen LogP contribution >= 0.6 is 11.6 Å². The van der Waals surface area contributed by atoms with Crippen LogP contribution in [0.3, 0.4) is 0 Å². The molecule has 0 saturated carbocycles. The number of carbonyl (C=O) groups excluding carboxylic acids is 1. The van der Waals surface area contributed by atoms with Crippen molar-refractivity contribution >= 4 is 28.9 Å². The summed E-state index contributed by atoms with van der Waals surface area (Å²) in [6.45, 7) is 0. The fourth-order valence-corrected chi connectivity index (χ4v) is 1.27. The van der Waals surface area contributed by atoms with Gasteiger partial charge >= 0.3 is 0 Å². The molecule has 0 aliphatic carbocycles. The largest absolute Gasteiger partial charge is 0.398 e. The van der Waals surface area contributed by atoms with Crippen LogP contribution in [-0.4, -0.2) is 11.1 Å². The van der Waals surface area contributed by atoms with Crippen LogP contribution < -0.4 is 11.1 Å². The lowest BCUT2D eigenvalue weighted by atomic mass is 10.2. The molecule has 1 aromatic heterocycles. The molecule has 0 radical (unpaired) electrons. The summed E-state index contributed by atoms with van der Waals surface area (Å²) in [5.41, 5.74) is 6.85. The van der Waals surface area contributed by atoms with Gasteiger partial charge in [0, 0.05) is 5.56 Å². The normalized spacial score (nSPS) is 10.1. The van der Waals surface area contributed by atoms with E-state index in [1.54, 1.807) is 12.1 Å². The van der Waals surface area contributed by atoms with Crippen molar-refractivity contribution in [2.45, 2.75) is 0 Å². The van der Waals surface area contributed by atoms with Crippen molar-refractivity contribution in [3.63, 3.8) is 0 Å². The smallest absolute Gasteiger partial charge is 0.255 e. The zero-order valence-electron chi connectivity index (χ0n) is 8.11. The van der Waals surface area contributed by atoms with Crippen LogP contribution in [0.5, 0.6) is 0 Å². The number of amides is 1. The molecule has 0 saturated heterocycles. The number of nitrogens with one attached hydrogen (secondary N) is 1. The molecule has 1 heterocycles. The van der Waals surface area contributed by atoms with Crippen molar-refractivity contribution in [1.29, 1.82) is 0 Å². The number of benzene rings is 1. The van der Waals surface area contributed by atoms with E-state index in [4.69, 9.17) is 17.3 Å². The molecule has 1 amide bonds. The van der Waals surface area contributed by atoms with Crippen LogP contribution in [-0.2, 0) is 0 Å². The summed E-state index contributed by atoms with van der Waals surface area (Å²) in [6, 6.07) is 4.66. The first-order valence-corrected chi connectivity index (χ1v) is 4.80. The molecule has 0 aliphatic rings. The highest BCUT2D eigenvalue weighted by Crippen LogP contribution is 2.20. The second-order valence-corrected chi connectivity index (χ2v) is 3.51. The maximum Gasteiger partial charge on any atom is 0.255 e. The minimum absolute atomic E-state index is 0.299. The van der Waals surface area contributed by atoms with Gasteiger partial charge in [-0.1, -0.05) is 16.8 Å². The summed E-state index contributed by atoms with van der Waals surface area (Å²) in [7, 11) is 0. The van der Waals surface area contributed by atoms with E-state index in [9.17, 15) is 4.79 Å². The quantitative estimate of drug-likeness (QED) is 0.785. The zero-order valence-corrected chi connectivity index (χ0v) is 8.86. The Labute approximate surface area is 96.2 Å². The van der Waals surface area contributed by atoms with Crippen molar-refractivity contribution in [3.05, 3.63) is 41.2 Å². The van der Waals surface area contributed by atoms with Gasteiger partial charge in [0.15, 0.2) is 0 Å². The van der Waals surface area contributed by atoms with Crippen molar-refractivity contribution < 1.29 is 9.32 Å². The van der Waals surface area contributed by atoms with Gasteiger partial charge in [0.25, 0.3) is 5.91 Å². The number of anilines is 2. The molecular formula is C10H8ClN3O2. The van der Waals surface area contributed by atoms with E-state index in [0.29, 0.717) is 22.0 Å². The summed E-state index contributed by atoms with van der Waals surface area (Å²) in [5, 5.41) is 6.47. The molecule has 0 unspecified atom stereocenters. The first-order valence-electron chi connectivity index (χ1n) is 4.42. The fraction of sp³-hybridized carbons (Fsp3) is 0. The lowest BCUT2D eigenvalue weighted by Gasteiger charge is -2.03. The highest BCUT2D eigenvalue weighted by atomic mass is 35.5. The Kier molecular flexibility index (Phi) is 2.78. The molecule has 2 aromatic rings. The van der Waals surface area contributed by atoms with Gasteiger partial charge in [0.2, 0.25) is 0 Å². The van der Waals surface area contributed by atoms with Crippen molar-refractivity contribution in [3.8, 4) is 0 Å². The molecule has 1 aromatic carbocycles. The standard InChI is InChI=1S/C10H8ClN3O2/c11-8-2-1-6(3-9(8)12)10(15)14-7-4-13-16-5-7/h1-5H,12H2,(H,14,15). The summed E-state index contributed by atoms with van der Waals surface area (Å²) < 4.78 is 4.58. The third-order valence-electron chi connectivity index (χ3n) is 1.95. The Hall–Kier alpha value is -2.01. The summed E-state index contributed by atoms with van der Waals surface area (Å²) >= 11 is 5.75. The SMILES string of the molecule is Nc1cc(C(=O)Nc2cnoc2)ccc1Cl. The number of aromatic nitrogens is 1. The second-order valence-electron chi connectivity index (χ2n) is 3.10. The van der Waals surface area contributed by atoms with Crippen LogP contribution in [0.4, 0.5) is 11.4 Å². The molecule has 5 nitrogen and oxygen atoms in total. The first kappa shape index (κ1) is 10.5. The molecule has 0 spiro atoms. The topological polar surface area (TPSA) is 81.2 Å². The molecule has 16 heavy (non-hydrogen) atoms. The van der Waals surface area contributed by atoms with Crippen molar-refractivity contribution in [2.24, 2.45) is 0 Å². The number of rotatable bonds is 2. The third kappa shape index (κ3) is 2.14. The number of hydrogen-bond acceptors (Lipinski definition) is 4. The average molecular weight is 238 g/mol. The first-order chi connectivity index (χ1) is 7.66. The zero-order chi connectivity index (χ0) is 11.5. The number of nitrogen functional groups attached to an aromatic ring is 1. The van der Waals surface area contributed by atoms with Crippen molar-refractivity contribution in [1.82, 2.24) is 5.16 Å². The Morgan fingerprint density at radius 2 is 2.31 bits per heavy atom. The number of nitrogens with two attached hydrogens (primary N) is 1. The van der Waals surface area contributed by atoms with E-state index in [0.717, 1.165) is 0 Å². The number of carbonyl (C=O) groups is 1. The van der Waals surface area contributed by atoms with Crippen LogP contribution in [0, 0.1) is 0 Å². The molecule has 0 fully saturated rings. The number of halogens is 1. The monoisotopic (exact) mass is 237 g/mol. The van der Waals surface area contributed by atoms with Gasteiger partial charge in [-0.05, 0) is 18.2 Å². The van der Waals surface area contributed by atoms with Crippen LogP contribution in [0.2, 0.25) is 5.02 Å². The van der Waals surface area contributed by atoms with Crippen LogP contribution in [0.15, 0.2) is 35.2 Å². The van der Waals surface area contributed by atoms with Gasteiger partial charge in [0.05, 0.1) is 16.9 Å². The highest BCUT2D eigenvalue weighted by molar-refractivity contribution is 6.33. The highest BCUT2D eigenvalue weighted by Gasteiger charge is 2.08. The molecule has 0 bridgehead atoms. The maximum atomic E-state index is 11.7. The Morgan fingerprint density at radius 1 is 1.50 bits per heavy atom. The van der Waals surface area contributed by atoms with E-state index in [2.05, 4.69) is 15.0 Å². The van der Waals surface area contributed by atoms with Gasteiger partial charge < -0.3 is 15.6 Å². The molecule has 2 rings (SSSR count). The van der Waals surface area contributed by atoms with E-state index >= 15 is 0 Å². The molecule has 6 heteroatoms. The Balaban J connectivity index is 2.18. The van der Waals surface area contributed by atoms with E-state index in [1.165, 1.54) is 18.5 Å². The van der Waals surface area contributed by atoms with E-state index in [-0.39, 0.29) is 5.91 Å². The fourth-order valence-electron chi connectivity index (χ4n) is 1.15. The van der Waals surface area contributed by atoms with Crippen LogP contribution in [0.1, 0.15) is 10.4 Å². The van der Waals surface area contributed by atoms with E-state index in [1.807, 2.05) is 0 Å². The molecule has 82 valence electrons. The Bertz CT molecular complexity index is 511. The van der Waals surface area contributed by atoms with Crippen molar-refractivity contribution in [2.75, 3.05) is 11.1 Å². The van der Waals surface area contributed by atoms with Gasteiger partial charge in [0.1, 0.15) is 12.0 Å². The summed E-state index contributed by atoms with van der Waals surface area (Å²) in [5.74, 6) is -0.299. The lowest BCUT2D eigenvalue weighted by Crippen LogP contribution is -2.11. The Morgan fingerprint density at radius 3 is 2.94 bits per heavy atom. The minimum atomic E-state index is -0.299. The molecule has 0 aliphatic heterocycles. The molecular weight excluding hydrogens is 230 g/mol. The second kappa shape index (κ2) is 4.24. The van der Waals surface area contributed by atoms with E-state index < -0.39 is 0 Å². The molecule has 0 atom stereocenters. The molecule has 3 N–H and O–H groups in total. The summed E-state index contributed by atoms with van der Waals surface area (Å²) in [4.78, 5) is 11.7. The summed E-state index contributed by atoms with van der Waals surface area (Å²) in [6.07, 6.45) is 2.73. The minimum Gasteiger partial charge on any atom is -0.398 e. The van der Waals surface area contributed by atoms with Crippen LogP contribution in [0.25, 0.3) is 0 Å². The van der Waals surface area contributed by atoms with Gasteiger partial charge in [-0.3, -0.25) is 4.79 Å². The number of hydrogen-bond donors (Lipinski definition) is 2. The average Bonchev–Trinajstić information content (AvgIpc) is 2.74. The predicted molar refractivity (Wildman–Crippen MR) is 60.3 cm³/mol. The lowest BCUT2D eigenvalue weighted by molar-refractivity contribution is 0.102. The third-order valence-corrected chi connectivity index (χ3v) is 2.29. The van der Waals surface area contributed by atoms with Gasteiger partial charge in [-0.2, -0.15) is 0 Å². The maximum absolute atomic E-state index is 11.7. The van der Waals surface area contributed by atoms with Gasteiger partial charge in [-0.25, -0.2) is 0 Å². The predicted octanol–water partition coefficient (Wildman–Crippen LogP) is 2.16. The number of nitrogens with zero attached hydrogens (tertiary/aromatic N) is 1.